The van der Waals surface area contributed by atoms with Crippen molar-refractivity contribution in [3.63, 3.8) is 0 Å². The Hall–Kier alpha value is -1.13. The molecule has 1 aromatic rings. The van der Waals surface area contributed by atoms with Gasteiger partial charge in [0.15, 0.2) is 0 Å². The molecule has 5 heteroatoms. The zero-order valence-electron chi connectivity index (χ0n) is 13.4. The van der Waals surface area contributed by atoms with Gasteiger partial charge < -0.3 is 10.2 Å². The van der Waals surface area contributed by atoms with Crippen molar-refractivity contribution < 1.29 is 4.79 Å². The molecule has 0 fully saturated rings. The van der Waals surface area contributed by atoms with Crippen LogP contribution >= 0.6 is 11.6 Å². The molecule has 1 heterocycles. The standard InChI is InChI=1S/C16H26ClN3O/c1-5-14-10-13(11-15(17)19-14)16(21)18-8-6-7-9-20(4)12(2)3/h10-12H,5-9H2,1-4H3,(H,18,21). The number of hydrogen-bond donors (Lipinski definition) is 1. The molecule has 0 saturated carbocycles. The molecular weight excluding hydrogens is 286 g/mol. The highest BCUT2D eigenvalue weighted by Crippen LogP contribution is 2.11. The first-order valence-corrected chi connectivity index (χ1v) is 7.96. The van der Waals surface area contributed by atoms with E-state index in [0.29, 0.717) is 23.3 Å². The molecule has 0 aliphatic heterocycles. The molecule has 4 nitrogen and oxygen atoms in total. The molecule has 0 saturated heterocycles. The van der Waals surface area contributed by atoms with Crippen LogP contribution in [0.2, 0.25) is 5.15 Å². The number of hydrogen-bond acceptors (Lipinski definition) is 3. The Kier molecular flexibility index (Phi) is 7.68. The van der Waals surface area contributed by atoms with E-state index in [1.54, 1.807) is 12.1 Å². The molecule has 1 amide bonds. The molecule has 0 bridgehead atoms. The molecule has 21 heavy (non-hydrogen) atoms. The highest BCUT2D eigenvalue weighted by atomic mass is 35.5. The Bertz CT molecular complexity index is 463. The van der Waals surface area contributed by atoms with Crippen LogP contribution in [0.15, 0.2) is 12.1 Å². The Morgan fingerprint density at radius 3 is 2.71 bits per heavy atom. The van der Waals surface area contributed by atoms with E-state index in [0.717, 1.165) is 31.5 Å². The van der Waals surface area contributed by atoms with E-state index < -0.39 is 0 Å². The summed E-state index contributed by atoms with van der Waals surface area (Å²) in [4.78, 5) is 18.5. The Balaban J connectivity index is 2.36. The number of amides is 1. The number of carbonyl (C=O) groups is 1. The van der Waals surface area contributed by atoms with Crippen LogP contribution in [0.5, 0.6) is 0 Å². The molecule has 0 radical (unpaired) electrons. The summed E-state index contributed by atoms with van der Waals surface area (Å²) < 4.78 is 0. The predicted octanol–water partition coefficient (Wildman–Crippen LogP) is 3.15. The molecule has 0 aliphatic carbocycles. The first-order valence-electron chi connectivity index (χ1n) is 7.59. The van der Waals surface area contributed by atoms with Crippen molar-refractivity contribution in [1.29, 1.82) is 0 Å². The lowest BCUT2D eigenvalue weighted by molar-refractivity contribution is 0.0952. The van der Waals surface area contributed by atoms with E-state index in [4.69, 9.17) is 11.6 Å². The second-order valence-electron chi connectivity index (χ2n) is 5.56. The summed E-state index contributed by atoms with van der Waals surface area (Å²) in [5.41, 5.74) is 1.43. The van der Waals surface area contributed by atoms with Crippen molar-refractivity contribution in [3.8, 4) is 0 Å². The third kappa shape index (κ3) is 6.44. The molecule has 0 atom stereocenters. The molecule has 1 N–H and O–H groups in total. The van der Waals surface area contributed by atoms with E-state index in [9.17, 15) is 4.79 Å². The molecular formula is C16H26ClN3O. The highest BCUT2D eigenvalue weighted by Gasteiger charge is 2.08. The van der Waals surface area contributed by atoms with Crippen molar-refractivity contribution in [2.24, 2.45) is 0 Å². The number of unbranched alkanes of at least 4 members (excludes halogenated alkanes) is 1. The van der Waals surface area contributed by atoms with E-state index >= 15 is 0 Å². The highest BCUT2D eigenvalue weighted by molar-refractivity contribution is 6.29. The molecule has 0 unspecified atom stereocenters. The third-order valence-corrected chi connectivity index (χ3v) is 3.77. The van der Waals surface area contributed by atoms with Gasteiger partial charge in [-0.1, -0.05) is 18.5 Å². The fourth-order valence-corrected chi connectivity index (χ4v) is 2.14. The number of rotatable bonds is 8. The second-order valence-corrected chi connectivity index (χ2v) is 5.95. The number of nitrogens with one attached hydrogen (secondary N) is 1. The van der Waals surface area contributed by atoms with Crippen molar-refractivity contribution in [3.05, 3.63) is 28.5 Å². The van der Waals surface area contributed by atoms with Crippen LogP contribution in [0, 0.1) is 0 Å². The van der Waals surface area contributed by atoms with Gasteiger partial charge in [0.25, 0.3) is 5.91 Å². The Morgan fingerprint density at radius 2 is 2.10 bits per heavy atom. The van der Waals surface area contributed by atoms with Gasteiger partial charge in [0.1, 0.15) is 5.15 Å². The van der Waals surface area contributed by atoms with Crippen molar-refractivity contribution in [1.82, 2.24) is 15.2 Å². The minimum absolute atomic E-state index is 0.0776. The average Bonchev–Trinajstić information content (AvgIpc) is 2.45. The van der Waals surface area contributed by atoms with Gasteiger partial charge in [-0.25, -0.2) is 4.98 Å². The van der Waals surface area contributed by atoms with Gasteiger partial charge >= 0.3 is 0 Å². The predicted molar refractivity (Wildman–Crippen MR) is 88.0 cm³/mol. The van der Waals surface area contributed by atoms with E-state index in [2.05, 4.69) is 36.1 Å². The summed E-state index contributed by atoms with van der Waals surface area (Å²) in [5, 5.41) is 3.31. The van der Waals surface area contributed by atoms with Gasteiger partial charge in [-0.05, 0) is 58.8 Å². The summed E-state index contributed by atoms with van der Waals surface area (Å²) >= 11 is 5.92. The molecule has 1 rings (SSSR count). The zero-order chi connectivity index (χ0) is 15.8. The summed E-state index contributed by atoms with van der Waals surface area (Å²) in [6.45, 7) is 8.09. The molecule has 1 aromatic heterocycles. The number of carbonyl (C=O) groups excluding carboxylic acids is 1. The van der Waals surface area contributed by atoms with E-state index in [1.807, 2.05) is 6.92 Å². The maximum atomic E-state index is 12.1. The normalized spacial score (nSPS) is 11.2. The third-order valence-electron chi connectivity index (χ3n) is 3.58. The minimum Gasteiger partial charge on any atom is -0.352 e. The molecule has 118 valence electrons. The van der Waals surface area contributed by atoms with E-state index in [-0.39, 0.29) is 5.91 Å². The van der Waals surface area contributed by atoms with Crippen molar-refractivity contribution in [2.45, 2.75) is 46.1 Å². The maximum absolute atomic E-state index is 12.1. The molecule has 0 aromatic carbocycles. The maximum Gasteiger partial charge on any atom is 0.251 e. The van der Waals surface area contributed by atoms with Crippen molar-refractivity contribution >= 4 is 17.5 Å². The Morgan fingerprint density at radius 1 is 1.38 bits per heavy atom. The van der Waals surface area contributed by atoms with Gasteiger partial charge in [-0.2, -0.15) is 0 Å². The average molecular weight is 312 g/mol. The lowest BCUT2D eigenvalue weighted by Gasteiger charge is -2.20. The summed E-state index contributed by atoms with van der Waals surface area (Å²) in [5.74, 6) is -0.0776. The lowest BCUT2D eigenvalue weighted by Crippen LogP contribution is -2.29. The SMILES string of the molecule is CCc1cc(C(=O)NCCCCN(C)C(C)C)cc(Cl)n1. The van der Waals surface area contributed by atoms with Crippen LogP contribution in [0.4, 0.5) is 0 Å². The first-order chi connectivity index (χ1) is 9.93. The fraction of sp³-hybridized carbons (Fsp3) is 0.625. The van der Waals surface area contributed by atoms with Gasteiger partial charge in [0.05, 0.1) is 0 Å². The lowest BCUT2D eigenvalue weighted by atomic mass is 10.2. The summed E-state index contributed by atoms with van der Waals surface area (Å²) in [7, 11) is 2.12. The van der Waals surface area contributed by atoms with Crippen LogP contribution < -0.4 is 5.32 Å². The number of halogens is 1. The van der Waals surface area contributed by atoms with Gasteiger partial charge in [0.2, 0.25) is 0 Å². The number of aromatic nitrogens is 1. The largest absolute Gasteiger partial charge is 0.352 e. The smallest absolute Gasteiger partial charge is 0.251 e. The monoisotopic (exact) mass is 311 g/mol. The van der Waals surface area contributed by atoms with Gasteiger partial charge in [-0.15, -0.1) is 0 Å². The van der Waals surface area contributed by atoms with E-state index in [1.165, 1.54) is 0 Å². The number of nitrogens with zero attached hydrogens (tertiary/aromatic N) is 2. The Labute approximate surface area is 132 Å². The van der Waals surface area contributed by atoms with Crippen LogP contribution in [-0.4, -0.2) is 42.0 Å². The summed E-state index contributed by atoms with van der Waals surface area (Å²) in [6, 6.07) is 3.97. The minimum atomic E-state index is -0.0776. The van der Waals surface area contributed by atoms with Crippen LogP contribution in [0.1, 0.15) is 49.7 Å². The zero-order valence-corrected chi connectivity index (χ0v) is 14.2. The van der Waals surface area contributed by atoms with Crippen LogP contribution in [0.25, 0.3) is 0 Å². The fourth-order valence-electron chi connectivity index (χ4n) is 1.91. The first kappa shape index (κ1) is 17.9. The second kappa shape index (κ2) is 9.00. The quantitative estimate of drug-likeness (QED) is 0.592. The number of aryl methyl sites for hydroxylation is 1. The van der Waals surface area contributed by atoms with Crippen molar-refractivity contribution in [2.75, 3.05) is 20.1 Å². The van der Waals surface area contributed by atoms with Crippen LogP contribution in [-0.2, 0) is 6.42 Å². The van der Waals surface area contributed by atoms with Crippen LogP contribution in [0.3, 0.4) is 0 Å². The summed E-state index contributed by atoms with van der Waals surface area (Å²) in [6.07, 6.45) is 2.82. The van der Waals surface area contributed by atoms with Gasteiger partial charge in [0, 0.05) is 23.8 Å². The van der Waals surface area contributed by atoms with Gasteiger partial charge in [-0.3, -0.25) is 4.79 Å². The topological polar surface area (TPSA) is 45.2 Å². The molecule has 0 aliphatic rings. The number of pyridine rings is 1. The molecule has 0 spiro atoms.